The number of nitrogens with zero attached hydrogens (tertiary/aromatic N) is 3. The number of nitrogen functional groups attached to an aromatic ring is 1. The Labute approximate surface area is 86.9 Å². The fourth-order valence-corrected chi connectivity index (χ4v) is 2.91. The van der Waals surface area contributed by atoms with Crippen molar-refractivity contribution in [3.63, 3.8) is 0 Å². The molecule has 0 radical (unpaired) electrons. The number of fused-ring (bicyclic) bond motifs is 1. The number of hydrogen-bond acceptors (Lipinski definition) is 4. The standard InChI is InChI=1S/C9H11ClN4/c10-8-12-7(13-9(11)14-8)6-4-2-1-3-5(4)6/h4-6H,1-3H2,(H2,11,12,13,14). The molecule has 2 N–H and O–H groups in total. The summed E-state index contributed by atoms with van der Waals surface area (Å²) in [5.41, 5.74) is 5.53. The molecule has 0 saturated heterocycles. The van der Waals surface area contributed by atoms with E-state index >= 15 is 0 Å². The lowest BCUT2D eigenvalue weighted by Crippen LogP contribution is -2.03. The van der Waals surface area contributed by atoms with E-state index in [9.17, 15) is 0 Å². The zero-order valence-corrected chi connectivity index (χ0v) is 8.41. The van der Waals surface area contributed by atoms with E-state index in [1.807, 2.05) is 0 Å². The third kappa shape index (κ3) is 1.17. The molecule has 0 aromatic carbocycles. The van der Waals surface area contributed by atoms with Crippen LogP contribution in [0.3, 0.4) is 0 Å². The van der Waals surface area contributed by atoms with Gasteiger partial charge in [0.1, 0.15) is 5.82 Å². The lowest BCUT2D eigenvalue weighted by Gasteiger charge is -2.02. The molecule has 2 aliphatic rings. The molecule has 4 nitrogen and oxygen atoms in total. The summed E-state index contributed by atoms with van der Waals surface area (Å²) >= 11 is 5.74. The third-order valence-electron chi connectivity index (χ3n) is 3.35. The first-order chi connectivity index (χ1) is 6.75. The number of halogens is 1. The highest BCUT2D eigenvalue weighted by Gasteiger charge is 2.54. The summed E-state index contributed by atoms with van der Waals surface area (Å²) in [4.78, 5) is 12.1. The topological polar surface area (TPSA) is 64.7 Å². The van der Waals surface area contributed by atoms with Gasteiger partial charge in [-0.25, -0.2) is 4.98 Å². The van der Waals surface area contributed by atoms with Gasteiger partial charge < -0.3 is 5.73 Å². The molecule has 0 aliphatic heterocycles. The van der Waals surface area contributed by atoms with E-state index < -0.39 is 0 Å². The second-order valence-corrected chi connectivity index (χ2v) is 4.44. The van der Waals surface area contributed by atoms with E-state index in [0.29, 0.717) is 5.92 Å². The Kier molecular flexibility index (Phi) is 1.68. The van der Waals surface area contributed by atoms with Crippen molar-refractivity contribution in [3.8, 4) is 0 Å². The monoisotopic (exact) mass is 210 g/mol. The summed E-state index contributed by atoms with van der Waals surface area (Å²) in [7, 11) is 0. The molecule has 14 heavy (non-hydrogen) atoms. The maximum absolute atomic E-state index is 5.74. The van der Waals surface area contributed by atoms with Crippen molar-refractivity contribution in [2.24, 2.45) is 11.8 Å². The lowest BCUT2D eigenvalue weighted by molar-refractivity contribution is 0.655. The minimum Gasteiger partial charge on any atom is -0.368 e. The van der Waals surface area contributed by atoms with Gasteiger partial charge in [-0.05, 0) is 36.3 Å². The van der Waals surface area contributed by atoms with Gasteiger partial charge in [0.25, 0.3) is 0 Å². The molecule has 0 spiro atoms. The highest BCUT2D eigenvalue weighted by Crippen LogP contribution is 2.62. The van der Waals surface area contributed by atoms with E-state index in [1.165, 1.54) is 19.3 Å². The van der Waals surface area contributed by atoms with Crippen LogP contribution in [0.4, 0.5) is 5.95 Å². The fourth-order valence-electron chi connectivity index (χ4n) is 2.73. The van der Waals surface area contributed by atoms with Gasteiger partial charge in [0, 0.05) is 5.92 Å². The molecule has 1 aromatic heterocycles. The maximum Gasteiger partial charge on any atom is 0.227 e. The largest absolute Gasteiger partial charge is 0.368 e. The second-order valence-electron chi connectivity index (χ2n) is 4.11. The molecular weight excluding hydrogens is 200 g/mol. The first-order valence-corrected chi connectivity index (χ1v) is 5.30. The molecular formula is C9H11ClN4. The van der Waals surface area contributed by atoms with Crippen LogP contribution in [-0.2, 0) is 0 Å². The van der Waals surface area contributed by atoms with Crippen molar-refractivity contribution in [1.82, 2.24) is 15.0 Å². The molecule has 1 heterocycles. The SMILES string of the molecule is Nc1nc(Cl)nc(C2C3CCCC32)n1. The van der Waals surface area contributed by atoms with Crippen LogP contribution in [0.2, 0.25) is 5.28 Å². The van der Waals surface area contributed by atoms with Crippen molar-refractivity contribution in [3.05, 3.63) is 11.1 Å². The van der Waals surface area contributed by atoms with E-state index in [4.69, 9.17) is 17.3 Å². The highest BCUT2D eigenvalue weighted by atomic mass is 35.5. The third-order valence-corrected chi connectivity index (χ3v) is 3.52. The fraction of sp³-hybridized carbons (Fsp3) is 0.667. The Hall–Kier alpha value is -0.900. The van der Waals surface area contributed by atoms with Gasteiger partial charge >= 0.3 is 0 Å². The van der Waals surface area contributed by atoms with Crippen molar-refractivity contribution in [2.75, 3.05) is 5.73 Å². The molecule has 2 atom stereocenters. The summed E-state index contributed by atoms with van der Waals surface area (Å²) in [5, 5.41) is 0.220. The smallest absolute Gasteiger partial charge is 0.227 e. The highest BCUT2D eigenvalue weighted by molar-refractivity contribution is 6.28. The number of hydrogen-bond donors (Lipinski definition) is 1. The van der Waals surface area contributed by atoms with E-state index in [-0.39, 0.29) is 11.2 Å². The predicted octanol–water partition coefficient (Wildman–Crippen LogP) is 1.62. The van der Waals surface area contributed by atoms with Crippen LogP contribution in [0.5, 0.6) is 0 Å². The molecule has 3 rings (SSSR count). The summed E-state index contributed by atoms with van der Waals surface area (Å²) in [5.74, 6) is 3.12. The van der Waals surface area contributed by atoms with Crippen molar-refractivity contribution in [1.29, 1.82) is 0 Å². The Bertz CT molecular complexity index is 351. The zero-order valence-electron chi connectivity index (χ0n) is 7.65. The number of nitrogens with two attached hydrogens (primary N) is 1. The normalized spacial score (nSPS) is 34.2. The minimum atomic E-state index is 0.220. The number of aromatic nitrogens is 3. The first-order valence-electron chi connectivity index (χ1n) is 4.92. The Balaban J connectivity index is 1.91. The van der Waals surface area contributed by atoms with Crippen LogP contribution in [-0.4, -0.2) is 15.0 Å². The van der Waals surface area contributed by atoms with E-state index in [0.717, 1.165) is 17.7 Å². The lowest BCUT2D eigenvalue weighted by atomic mass is 10.1. The molecule has 5 heteroatoms. The number of rotatable bonds is 1. The van der Waals surface area contributed by atoms with Crippen molar-refractivity contribution in [2.45, 2.75) is 25.2 Å². The van der Waals surface area contributed by atoms with Gasteiger partial charge in [-0.2, -0.15) is 9.97 Å². The summed E-state index contributed by atoms with van der Waals surface area (Å²) in [6.07, 6.45) is 3.96. The zero-order chi connectivity index (χ0) is 9.71. The molecule has 0 amide bonds. The maximum atomic E-state index is 5.74. The molecule has 2 aliphatic carbocycles. The molecule has 1 aromatic rings. The summed E-state index contributed by atoms with van der Waals surface area (Å²) < 4.78 is 0. The van der Waals surface area contributed by atoms with Gasteiger partial charge in [0.05, 0.1) is 0 Å². The molecule has 2 fully saturated rings. The van der Waals surface area contributed by atoms with Crippen molar-refractivity contribution < 1.29 is 0 Å². The van der Waals surface area contributed by atoms with Crippen molar-refractivity contribution >= 4 is 17.5 Å². The quantitative estimate of drug-likeness (QED) is 0.765. The van der Waals surface area contributed by atoms with Gasteiger partial charge in [-0.15, -0.1) is 0 Å². The van der Waals surface area contributed by atoms with Gasteiger partial charge in [-0.3, -0.25) is 0 Å². The predicted molar refractivity (Wildman–Crippen MR) is 52.8 cm³/mol. The van der Waals surface area contributed by atoms with Crippen LogP contribution in [0.15, 0.2) is 0 Å². The average molecular weight is 211 g/mol. The van der Waals surface area contributed by atoms with E-state index in [1.54, 1.807) is 0 Å². The Morgan fingerprint density at radius 1 is 1.14 bits per heavy atom. The Morgan fingerprint density at radius 2 is 1.86 bits per heavy atom. The van der Waals surface area contributed by atoms with Crippen LogP contribution < -0.4 is 5.73 Å². The van der Waals surface area contributed by atoms with Crippen LogP contribution in [0.25, 0.3) is 0 Å². The minimum absolute atomic E-state index is 0.220. The van der Waals surface area contributed by atoms with Gasteiger partial charge in [-0.1, -0.05) is 6.42 Å². The van der Waals surface area contributed by atoms with Crippen LogP contribution in [0, 0.1) is 11.8 Å². The van der Waals surface area contributed by atoms with Crippen LogP contribution >= 0.6 is 11.6 Å². The van der Waals surface area contributed by atoms with E-state index in [2.05, 4.69) is 15.0 Å². The molecule has 0 bridgehead atoms. The summed E-state index contributed by atoms with van der Waals surface area (Å²) in [6, 6.07) is 0. The molecule has 74 valence electrons. The van der Waals surface area contributed by atoms with Crippen LogP contribution in [0.1, 0.15) is 31.0 Å². The Morgan fingerprint density at radius 3 is 2.50 bits per heavy atom. The molecule has 2 unspecified atom stereocenters. The second kappa shape index (κ2) is 2.79. The molecule has 2 saturated carbocycles. The first kappa shape index (κ1) is 8.41. The average Bonchev–Trinajstić information content (AvgIpc) is 2.59. The summed E-state index contributed by atoms with van der Waals surface area (Å²) in [6.45, 7) is 0. The number of anilines is 1. The van der Waals surface area contributed by atoms with Gasteiger partial charge in [0.15, 0.2) is 0 Å². The van der Waals surface area contributed by atoms with Gasteiger partial charge in [0.2, 0.25) is 11.2 Å².